The van der Waals surface area contributed by atoms with E-state index in [0.29, 0.717) is 12.0 Å². The van der Waals surface area contributed by atoms with E-state index in [9.17, 15) is 5.11 Å². The van der Waals surface area contributed by atoms with Crippen molar-refractivity contribution >= 4 is 0 Å². The molecule has 1 aromatic carbocycles. The highest BCUT2D eigenvalue weighted by Gasteiger charge is 2.30. The first kappa shape index (κ1) is 13.4. The summed E-state index contributed by atoms with van der Waals surface area (Å²) < 4.78 is 5.14. The fourth-order valence-corrected chi connectivity index (χ4v) is 2.94. The maximum absolute atomic E-state index is 10.5. The van der Waals surface area contributed by atoms with Crippen LogP contribution in [0.4, 0.5) is 0 Å². The van der Waals surface area contributed by atoms with Crippen LogP contribution in [-0.4, -0.2) is 25.3 Å². The van der Waals surface area contributed by atoms with Crippen molar-refractivity contribution in [3.05, 3.63) is 29.8 Å². The smallest absolute Gasteiger partial charge is 0.118 e. The zero-order chi connectivity index (χ0) is 13.0. The van der Waals surface area contributed by atoms with Gasteiger partial charge >= 0.3 is 0 Å². The van der Waals surface area contributed by atoms with Crippen molar-refractivity contribution in [1.29, 1.82) is 0 Å². The third-order valence-electron chi connectivity index (χ3n) is 4.05. The number of methoxy groups -OCH3 is 1. The third-order valence-corrected chi connectivity index (χ3v) is 4.05. The summed E-state index contributed by atoms with van der Waals surface area (Å²) in [7, 11) is 3.65. The van der Waals surface area contributed by atoms with Crippen molar-refractivity contribution in [2.24, 2.45) is 5.92 Å². The zero-order valence-electron chi connectivity index (χ0n) is 11.2. The highest BCUT2D eigenvalue weighted by Crippen LogP contribution is 2.35. The van der Waals surface area contributed by atoms with Crippen LogP contribution in [0.2, 0.25) is 0 Å². The molecule has 1 aromatic rings. The van der Waals surface area contributed by atoms with Gasteiger partial charge in [-0.2, -0.15) is 0 Å². The van der Waals surface area contributed by atoms with Gasteiger partial charge in [-0.3, -0.25) is 0 Å². The third kappa shape index (κ3) is 2.85. The average molecular weight is 249 g/mol. The molecule has 1 saturated carbocycles. The minimum Gasteiger partial charge on any atom is -0.497 e. The molecule has 1 aliphatic carbocycles. The number of benzene rings is 1. The second-order valence-corrected chi connectivity index (χ2v) is 5.06. The normalized spacial score (nSPS) is 25.7. The second-order valence-electron chi connectivity index (χ2n) is 5.06. The van der Waals surface area contributed by atoms with Gasteiger partial charge in [-0.1, -0.05) is 25.0 Å². The number of hydrogen-bond donors (Lipinski definition) is 2. The number of ether oxygens (including phenoxy) is 1. The summed E-state index contributed by atoms with van der Waals surface area (Å²) >= 11 is 0. The lowest BCUT2D eigenvalue weighted by atomic mass is 9.79. The fourth-order valence-electron chi connectivity index (χ4n) is 2.94. The molecule has 3 heteroatoms. The van der Waals surface area contributed by atoms with Crippen molar-refractivity contribution in [1.82, 2.24) is 5.32 Å². The SMILES string of the molecule is CN[C@@H]1CCCC[C@H]1[C@@H](O)c1ccc(OC)cc1. The molecule has 18 heavy (non-hydrogen) atoms. The number of aliphatic hydroxyl groups excluding tert-OH is 1. The Morgan fingerprint density at radius 1 is 1.22 bits per heavy atom. The molecule has 100 valence electrons. The molecule has 0 bridgehead atoms. The number of nitrogens with one attached hydrogen (secondary N) is 1. The van der Waals surface area contributed by atoms with E-state index in [1.54, 1.807) is 7.11 Å². The minimum absolute atomic E-state index is 0.317. The first-order valence-corrected chi connectivity index (χ1v) is 6.75. The maximum atomic E-state index is 10.5. The van der Waals surface area contributed by atoms with Crippen molar-refractivity contribution in [3.63, 3.8) is 0 Å². The van der Waals surface area contributed by atoms with Crippen LogP contribution < -0.4 is 10.1 Å². The zero-order valence-corrected chi connectivity index (χ0v) is 11.2. The van der Waals surface area contributed by atoms with Gasteiger partial charge in [0.05, 0.1) is 13.2 Å². The monoisotopic (exact) mass is 249 g/mol. The molecule has 0 unspecified atom stereocenters. The van der Waals surface area contributed by atoms with Crippen LogP contribution in [-0.2, 0) is 0 Å². The van der Waals surface area contributed by atoms with Crippen molar-refractivity contribution in [2.75, 3.05) is 14.2 Å². The van der Waals surface area contributed by atoms with Crippen LogP contribution in [0.25, 0.3) is 0 Å². The molecule has 0 saturated heterocycles. The largest absolute Gasteiger partial charge is 0.497 e. The molecule has 1 aliphatic rings. The minimum atomic E-state index is -0.381. The lowest BCUT2D eigenvalue weighted by Crippen LogP contribution is -2.39. The summed E-state index contributed by atoms with van der Waals surface area (Å²) in [5.41, 5.74) is 0.989. The standard InChI is InChI=1S/C15H23NO2/c1-16-14-6-4-3-5-13(14)15(17)11-7-9-12(18-2)10-8-11/h7-10,13-17H,3-6H2,1-2H3/t13-,14-,15+/m1/s1. The van der Waals surface area contributed by atoms with Crippen molar-refractivity contribution in [3.8, 4) is 5.75 Å². The molecular weight excluding hydrogens is 226 g/mol. The highest BCUT2D eigenvalue weighted by molar-refractivity contribution is 5.29. The Kier molecular flexibility index (Phi) is 4.61. The molecule has 0 spiro atoms. The molecule has 0 aliphatic heterocycles. The molecule has 2 N–H and O–H groups in total. The van der Waals surface area contributed by atoms with E-state index >= 15 is 0 Å². The number of aliphatic hydroxyl groups is 1. The van der Waals surface area contributed by atoms with Crippen molar-refractivity contribution < 1.29 is 9.84 Å². The quantitative estimate of drug-likeness (QED) is 0.861. The molecular formula is C15H23NO2. The Balaban J connectivity index is 2.10. The molecule has 0 amide bonds. The second kappa shape index (κ2) is 6.21. The first-order valence-electron chi connectivity index (χ1n) is 6.75. The average Bonchev–Trinajstić information content (AvgIpc) is 2.46. The Morgan fingerprint density at radius 3 is 2.50 bits per heavy atom. The number of rotatable bonds is 4. The van der Waals surface area contributed by atoms with Gasteiger partial charge in [-0.25, -0.2) is 0 Å². The Morgan fingerprint density at radius 2 is 1.89 bits per heavy atom. The van der Waals surface area contributed by atoms with E-state index in [-0.39, 0.29) is 6.10 Å². The van der Waals surface area contributed by atoms with E-state index in [0.717, 1.165) is 24.2 Å². The van der Waals surface area contributed by atoms with Gasteiger partial charge < -0.3 is 15.2 Å². The summed E-state index contributed by atoms with van der Waals surface area (Å²) in [4.78, 5) is 0. The van der Waals surface area contributed by atoms with E-state index in [4.69, 9.17) is 4.74 Å². The molecule has 2 rings (SSSR count). The van der Waals surface area contributed by atoms with Gasteiger partial charge in [-0.05, 0) is 37.6 Å². The molecule has 3 atom stereocenters. The predicted molar refractivity (Wildman–Crippen MR) is 72.8 cm³/mol. The van der Waals surface area contributed by atoms with Gasteiger partial charge in [0.15, 0.2) is 0 Å². The van der Waals surface area contributed by atoms with Gasteiger partial charge in [0.2, 0.25) is 0 Å². The van der Waals surface area contributed by atoms with Crippen molar-refractivity contribution in [2.45, 2.75) is 37.8 Å². The van der Waals surface area contributed by atoms with Gasteiger partial charge in [-0.15, -0.1) is 0 Å². The van der Waals surface area contributed by atoms with Crippen LogP contribution in [0, 0.1) is 5.92 Å². The summed E-state index contributed by atoms with van der Waals surface area (Å²) in [6.45, 7) is 0. The summed E-state index contributed by atoms with van der Waals surface area (Å²) in [5, 5.41) is 13.9. The molecule has 1 fully saturated rings. The molecule has 0 heterocycles. The van der Waals surface area contributed by atoms with E-state index in [1.165, 1.54) is 12.8 Å². The fraction of sp³-hybridized carbons (Fsp3) is 0.600. The Hall–Kier alpha value is -1.06. The lowest BCUT2D eigenvalue weighted by Gasteiger charge is -2.34. The van der Waals surface area contributed by atoms with E-state index in [1.807, 2.05) is 31.3 Å². The molecule has 0 aromatic heterocycles. The highest BCUT2D eigenvalue weighted by atomic mass is 16.5. The predicted octanol–water partition coefficient (Wildman–Crippen LogP) is 2.51. The van der Waals surface area contributed by atoms with E-state index < -0.39 is 0 Å². The van der Waals surface area contributed by atoms with Crippen LogP contribution in [0.15, 0.2) is 24.3 Å². The van der Waals surface area contributed by atoms with Crippen LogP contribution >= 0.6 is 0 Å². The first-order chi connectivity index (χ1) is 8.76. The Bertz CT molecular complexity index is 363. The van der Waals surface area contributed by atoms with E-state index in [2.05, 4.69) is 5.32 Å². The van der Waals surface area contributed by atoms with Gasteiger partial charge in [0.1, 0.15) is 5.75 Å². The number of hydrogen-bond acceptors (Lipinski definition) is 3. The van der Waals surface area contributed by atoms with Crippen LogP contribution in [0.5, 0.6) is 5.75 Å². The maximum Gasteiger partial charge on any atom is 0.118 e. The molecule has 0 radical (unpaired) electrons. The van der Waals surface area contributed by atoms with Crippen LogP contribution in [0.3, 0.4) is 0 Å². The molecule has 3 nitrogen and oxygen atoms in total. The Labute approximate surface area is 109 Å². The lowest BCUT2D eigenvalue weighted by molar-refractivity contribution is 0.0638. The summed E-state index contributed by atoms with van der Waals surface area (Å²) in [6.07, 6.45) is 4.36. The van der Waals surface area contributed by atoms with Crippen LogP contribution in [0.1, 0.15) is 37.4 Å². The van der Waals surface area contributed by atoms with Gasteiger partial charge in [0.25, 0.3) is 0 Å². The summed E-state index contributed by atoms with van der Waals surface area (Å²) in [6, 6.07) is 8.18. The van der Waals surface area contributed by atoms with Gasteiger partial charge in [0, 0.05) is 12.0 Å². The topological polar surface area (TPSA) is 41.5 Å². The summed E-state index contributed by atoms with van der Waals surface area (Å²) in [5.74, 6) is 1.15.